The van der Waals surface area contributed by atoms with Crippen LogP contribution in [-0.4, -0.2) is 31.2 Å². The summed E-state index contributed by atoms with van der Waals surface area (Å²) >= 11 is 0. The molecule has 0 amide bonds. The quantitative estimate of drug-likeness (QED) is 0.794. The minimum absolute atomic E-state index is 0.262. The van der Waals surface area contributed by atoms with E-state index in [4.69, 9.17) is 9.47 Å². The van der Waals surface area contributed by atoms with Gasteiger partial charge in [0.05, 0.1) is 5.60 Å². The van der Waals surface area contributed by atoms with Crippen LogP contribution in [0.25, 0.3) is 0 Å². The molecule has 0 spiro atoms. The maximum atomic E-state index is 13.0. The standard InChI is InChI=1S/C14H21FO3/c1-10-7-12(15)6-5-11(10)8-14(2,16)9-13(17-3)18-4/h5-7,13,16H,8-9H2,1-4H3. The third-order valence-corrected chi connectivity index (χ3v) is 3.01. The van der Waals surface area contributed by atoms with Gasteiger partial charge in [0.2, 0.25) is 0 Å². The van der Waals surface area contributed by atoms with E-state index in [1.165, 1.54) is 26.4 Å². The fourth-order valence-corrected chi connectivity index (χ4v) is 1.96. The molecule has 0 radical (unpaired) electrons. The summed E-state index contributed by atoms with van der Waals surface area (Å²) in [5, 5.41) is 10.3. The number of hydrogen-bond donors (Lipinski definition) is 1. The molecule has 0 aliphatic rings. The average Bonchev–Trinajstić information content (AvgIpc) is 2.30. The lowest BCUT2D eigenvalue weighted by Gasteiger charge is -2.27. The summed E-state index contributed by atoms with van der Waals surface area (Å²) in [5.41, 5.74) is 0.799. The molecule has 4 heteroatoms. The van der Waals surface area contributed by atoms with Crippen LogP contribution in [0.5, 0.6) is 0 Å². The van der Waals surface area contributed by atoms with E-state index < -0.39 is 11.9 Å². The molecule has 0 aliphatic heterocycles. The third-order valence-electron chi connectivity index (χ3n) is 3.01. The summed E-state index contributed by atoms with van der Waals surface area (Å²) in [6.07, 6.45) is 0.347. The van der Waals surface area contributed by atoms with Crippen LogP contribution in [0.1, 0.15) is 24.5 Å². The lowest BCUT2D eigenvalue weighted by molar-refractivity contribution is -0.139. The first-order chi connectivity index (χ1) is 8.38. The SMILES string of the molecule is COC(CC(C)(O)Cc1ccc(F)cc1C)OC. The van der Waals surface area contributed by atoms with Crippen LogP contribution in [-0.2, 0) is 15.9 Å². The minimum atomic E-state index is -0.959. The van der Waals surface area contributed by atoms with E-state index in [0.29, 0.717) is 12.8 Å². The van der Waals surface area contributed by atoms with E-state index in [9.17, 15) is 9.50 Å². The Labute approximate surface area is 108 Å². The van der Waals surface area contributed by atoms with Crippen molar-refractivity contribution in [3.05, 3.63) is 35.1 Å². The van der Waals surface area contributed by atoms with Crippen molar-refractivity contribution in [1.82, 2.24) is 0 Å². The van der Waals surface area contributed by atoms with Crippen LogP contribution in [0.15, 0.2) is 18.2 Å². The van der Waals surface area contributed by atoms with Gasteiger partial charge in [0.1, 0.15) is 5.82 Å². The summed E-state index contributed by atoms with van der Waals surface area (Å²) in [7, 11) is 3.07. The van der Waals surface area contributed by atoms with Crippen molar-refractivity contribution in [2.45, 2.75) is 38.6 Å². The number of ether oxygens (including phenoxy) is 2. The summed E-state index contributed by atoms with van der Waals surface area (Å²) in [4.78, 5) is 0. The molecule has 0 saturated carbocycles. The second kappa shape index (κ2) is 6.27. The molecule has 1 aromatic rings. The Kier molecular flexibility index (Phi) is 5.26. The highest BCUT2D eigenvalue weighted by molar-refractivity contribution is 5.27. The Hall–Kier alpha value is -0.970. The molecular formula is C14H21FO3. The van der Waals surface area contributed by atoms with E-state index in [-0.39, 0.29) is 5.82 Å². The van der Waals surface area contributed by atoms with Gasteiger partial charge in [-0.15, -0.1) is 0 Å². The summed E-state index contributed by atoms with van der Waals surface area (Å²) in [6, 6.07) is 4.58. The molecule has 1 N–H and O–H groups in total. The van der Waals surface area contributed by atoms with E-state index in [1.807, 2.05) is 6.92 Å². The van der Waals surface area contributed by atoms with Gasteiger partial charge in [-0.3, -0.25) is 0 Å². The average molecular weight is 256 g/mol. The molecule has 0 aromatic heterocycles. The van der Waals surface area contributed by atoms with E-state index >= 15 is 0 Å². The summed E-state index contributed by atoms with van der Waals surface area (Å²) in [5.74, 6) is -0.262. The van der Waals surface area contributed by atoms with Gasteiger partial charge in [-0.1, -0.05) is 6.07 Å². The number of aliphatic hydroxyl groups is 1. The Balaban J connectivity index is 2.75. The van der Waals surface area contributed by atoms with Gasteiger partial charge < -0.3 is 14.6 Å². The van der Waals surface area contributed by atoms with Crippen molar-refractivity contribution >= 4 is 0 Å². The molecule has 3 nitrogen and oxygen atoms in total. The van der Waals surface area contributed by atoms with Crippen LogP contribution in [0, 0.1) is 12.7 Å². The molecule has 1 aromatic carbocycles. The summed E-state index contributed by atoms with van der Waals surface area (Å²) in [6.45, 7) is 3.56. The molecule has 1 unspecified atom stereocenters. The maximum Gasteiger partial charge on any atom is 0.159 e. The van der Waals surface area contributed by atoms with Gasteiger partial charge in [-0.2, -0.15) is 0 Å². The van der Waals surface area contributed by atoms with Gasteiger partial charge in [0, 0.05) is 27.1 Å². The Morgan fingerprint density at radius 1 is 1.33 bits per heavy atom. The molecule has 0 fully saturated rings. The lowest BCUT2D eigenvalue weighted by Crippen LogP contribution is -2.34. The predicted octanol–water partition coefficient (Wildman–Crippen LogP) is 2.44. The molecule has 0 saturated heterocycles. The number of halogens is 1. The van der Waals surface area contributed by atoms with Crippen molar-refractivity contribution < 1.29 is 19.0 Å². The zero-order valence-corrected chi connectivity index (χ0v) is 11.4. The molecule has 1 rings (SSSR count). The van der Waals surface area contributed by atoms with Crippen molar-refractivity contribution in [1.29, 1.82) is 0 Å². The highest BCUT2D eigenvalue weighted by atomic mass is 19.1. The van der Waals surface area contributed by atoms with E-state index in [2.05, 4.69) is 0 Å². The highest BCUT2D eigenvalue weighted by Gasteiger charge is 2.26. The smallest absolute Gasteiger partial charge is 0.159 e. The van der Waals surface area contributed by atoms with Crippen LogP contribution in [0.4, 0.5) is 4.39 Å². The van der Waals surface area contributed by atoms with Gasteiger partial charge >= 0.3 is 0 Å². The second-order valence-corrected chi connectivity index (χ2v) is 4.85. The topological polar surface area (TPSA) is 38.7 Å². The van der Waals surface area contributed by atoms with Crippen molar-refractivity contribution in [2.24, 2.45) is 0 Å². The molecular weight excluding hydrogens is 235 g/mol. The maximum absolute atomic E-state index is 13.0. The first-order valence-corrected chi connectivity index (χ1v) is 5.91. The van der Waals surface area contributed by atoms with Crippen molar-refractivity contribution in [3.63, 3.8) is 0 Å². The minimum Gasteiger partial charge on any atom is -0.390 e. The fourth-order valence-electron chi connectivity index (χ4n) is 1.96. The van der Waals surface area contributed by atoms with Crippen LogP contribution in [0.2, 0.25) is 0 Å². The Morgan fingerprint density at radius 3 is 2.44 bits per heavy atom. The number of benzene rings is 1. The summed E-state index contributed by atoms with van der Waals surface area (Å²) < 4.78 is 23.2. The zero-order chi connectivity index (χ0) is 13.8. The van der Waals surface area contributed by atoms with Gasteiger partial charge in [0.15, 0.2) is 6.29 Å². The molecule has 1 atom stereocenters. The number of rotatable bonds is 6. The molecule has 102 valence electrons. The number of hydrogen-bond acceptors (Lipinski definition) is 3. The Morgan fingerprint density at radius 2 is 1.94 bits per heavy atom. The molecule has 0 bridgehead atoms. The van der Waals surface area contributed by atoms with E-state index in [0.717, 1.165) is 11.1 Å². The lowest BCUT2D eigenvalue weighted by atomic mass is 9.91. The first-order valence-electron chi connectivity index (χ1n) is 5.91. The Bertz CT molecular complexity index is 387. The zero-order valence-electron chi connectivity index (χ0n) is 11.4. The molecule has 0 aliphatic carbocycles. The van der Waals surface area contributed by atoms with Gasteiger partial charge in [0.25, 0.3) is 0 Å². The van der Waals surface area contributed by atoms with Crippen molar-refractivity contribution in [2.75, 3.05) is 14.2 Å². The fraction of sp³-hybridized carbons (Fsp3) is 0.571. The second-order valence-electron chi connectivity index (χ2n) is 4.85. The third kappa shape index (κ3) is 4.37. The van der Waals surface area contributed by atoms with Gasteiger partial charge in [-0.05, 0) is 37.1 Å². The van der Waals surface area contributed by atoms with Crippen molar-refractivity contribution in [3.8, 4) is 0 Å². The monoisotopic (exact) mass is 256 g/mol. The first kappa shape index (κ1) is 15.1. The normalized spacial score (nSPS) is 14.8. The number of aryl methyl sites for hydroxylation is 1. The number of methoxy groups -OCH3 is 2. The highest BCUT2D eigenvalue weighted by Crippen LogP contribution is 2.22. The van der Waals surface area contributed by atoms with Crippen LogP contribution < -0.4 is 0 Å². The molecule has 18 heavy (non-hydrogen) atoms. The van der Waals surface area contributed by atoms with Crippen LogP contribution >= 0.6 is 0 Å². The predicted molar refractivity (Wildman–Crippen MR) is 67.9 cm³/mol. The van der Waals surface area contributed by atoms with Crippen LogP contribution in [0.3, 0.4) is 0 Å². The van der Waals surface area contributed by atoms with Gasteiger partial charge in [-0.25, -0.2) is 4.39 Å². The molecule has 0 heterocycles. The van der Waals surface area contributed by atoms with E-state index in [1.54, 1.807) is 13.0 Å². The largest absolute Gasteiger partial charge is 0.390 e.